The van der Waals surface area contributed by atoms with E-state index >= 15 is 0 Å². The largest absolute Gasteiger partial charge is 0.477 e. The lowest BCUT2D eigenvalue weighted by Crippen LogP contribution is -2.54. The number of anilines is 1. The minimum absolute atomic E-state index is 0.00767. The van der Waals surface area contributed by atoms with Crippen molar-refractivity contribution in [3.8, 4) is 0 Å². The molecule has 1 saturated heterocycles. The molecule has 1 aliphatic heterocycles. The fourth-order valence-electron chi connectivity index (χ4n) is 4.25. The molecule has 0 aromatic carbocycles. The molecule has 0 bridgehead atoms. The first-order chi connectivity index (χ1) is 12.2. The molecular weight excluding hydrogens is 350 g/mol. The summed E-state index contributed by atoms with van der Waals surface area (Å²) in [6.45, 7) is 6.12. The van der Waals surface area contributed by atoms with Gasteiger partial charge in [-0.05, 0) is 43.1 Å². The van der Waals surface area contributed by atoms with Crippen LogP contribution >= 0.6 is 11.3 Å². The SMILES string of the molecule is CC(C)(C)c1cc(N2C(=O)[C@@H](O)CC[C@H]2C2CCCCC2)c(C(=O)O)s1. The molecule has 0 radical (unpaired) electrons. The first-order valence-corrected chi connectivity index (χ1v) is 10.4. The monoisotopic (exact) mass is 379 g/mol. The van der Waals surface area contributed by atoms with Crippen LogP contribution in [0.25, 0.3) is 0 Å². The number of carboxylic acid groups (broad SMARTS) is 1. The molecule has 6 heteroatoms. The quantitative estimate of drug-likeness (QED) is 0.826. The van der Waals surface area contributed by atoms with Crippen LogP contribution in [0.2, 0.25) is 0 Å². The average molecular weight is 380 g/mol. The number of aromatic carboxylic acids is 1. The molecule has 2 atom stereocenters. The topological polar surface area (TPSA) is 77.8 Å². The highest BCUT2D eigenvalue weighted by atomic mass is 32.1. The van der Waals surface area contributed by atoms with Gasteiger partial charge in [0.1, 0.15) is 11.0 Å². The lowest BCUT2D eigenvalue weighted by atomic mass is 9.79. The molecule has 1 aromatic heterocycles. The zero-order valence-electron chi connectivity index (χ0n) is 15.8. The van der Waals surface area contributed by atoms with E-state index in [-0.39, 0.29) is 22.2 Å². The first-order valence-electron chi connectivity index (χ1n) is 9.59. The molecule has 1 amide bonds. The van der Waals surface area contributed by atoms with E-state index < -0.39 is 12.1 Å². The Morgan fingerprint density at radius 3 is 2.38 bits per heavy atom. The summed E-state index contributed by atoms with van der Waals surface area (Å²) in [5.74, 6) is -0.955. The Morgan fingerprint density at radius 1 is 1.15 bits per heavy atom. The van der Waals surface area contributed by atoms with Gasteiger partial charge in [0.2, 0.25) is 0 Å². The minimum Gasteiger partial charge on any atom is -0.477 e. The van der Waals surface area contributed by atoms with E-state index in [2.05, 4.69) is 0 Å². The second-order valence-electron chi connectivity index (χ2n) is 8.65. The van der Waals surface area contributed by atoms with Gasteiger partial charge in [0.05, 0.1) is 5.69 Å². The van der Waals surface area contributed by atoms with Crippen molar-refractivity contribution in [1.29, 1.82) is 0 Å². The molecule has 1 aliphatic carbocycles. The van der Waals surface area contributed by atoms with Gasteiger partial charge in [0.15, 0.2) is 0 Å². The molecule has 3 rings (SSSR count). The van der Waals surface area contributed by atoms with Gasteiger partial charge in [-0.25, -0.2) is 4.79 Å². The Labute approximate surface area is 159 Å². The number of carbonyl (C=O) groups excluding carboxylic acids is 1. The van der Waals surface area contributed by atoms with Gasteiger partial charge < -0.3 is 15.1 Å². The van der Waals surface area contributed by atoms with Crippen LogP contribution in [0.4, 0.5) is 5.69 Å². The van der Waals surface area contributed by atoms with E-state index in [9.17, 15) is 19.8 Å². The molecule has 2 heterocycles. The number of aliphatic hydroxyl groups excluding tert-OH is 1. The smallest absolute Gasteiger partial charge is 0.348 e. The van der Waals surface area contributed by atoms with Crippen molar-refractivity contribution < 1.29 is 19.8 Å². The van der Waals surface area contributed by atoms with Crippen LogP contribution < -0.4 is 4.90 Å². The number of nitrogens with zero attached hydrogens (tertiary/aromatic N) is 1. The third-order valence-electron chi connectivity index (χ3n) is 5.69. The summed E-state index contributed by atoms with van der Waals surface area (Å²) in [5.41, 5.74) is 0.289. The van der Waals surface area contributed by atoms with Gasteiger partial charge in [-0.1, -0.05) is 40.0 Å². The summed E-state index contributed by atoms with van der Waals surface area (Å²) in [5, 5.41) is 19.9. The molecule has 26 heavy (non-hydrogen) atoms. The van der Waals surface area contributed by atoms with Crippen LogP contribution in [0, 0.1) is 5.92 Å². The molecule has 2 N–H and O–H groups in total. The van der Waals surface area contributed by atoms with Gasteiger partial charge in [-0.3, -0.25) is 4.79 Å². The Bertz CT molecular complexity index is 684. The van der Waals surface area contributed by atoms with Crippen LogP contribution in [0.3, 0.4) is 0 Å². The van der Waals surface area contributed by atoms with Gasteiger partial charge in [-0.2, -0.15) is 0 Å². The zero-order chi connectivity index (χ0) is 19.1. The molecule has 0 spiro atoms. The Morgan fingerprint density at radius 2 is 1.81 bits per heavy atom. The number of hydrogen-bond acceptors (Lipinski definition) is 4. The van der Waals surface area contributed by atoms with Crippen molar-refractivity contribution in [1.82, 2.24) is 0 Å². The van der Waals surface area contributed by atoms with E-state index in [1.165, 1.54) is 17.8 Å². The molecule has 5 nitrogen and oxygen atoms in total. The summed E-state index contributed by atoms with van der Waals surface area (Å²) in [7, 11) is 0. The second kappa shape index (κ2) is 7.31. The lowest BCUT2D eigenvalue weighted by Gasteiger charge is -2.43. The number of carboxylic acids is 1. The number of aliphatic hydroxyl groups is 1. The van der Waals surface area contributed by atoms with E-state index in [4.69, 9.17) is 0 Å². The van der Waals surface area contributed by atoms with Crippen LogP contribution in [-0.4, -0.2) is 34.2 Å². The van der Waals surface area contributed by atoms with Crippen LogP contribution in [0.1, 0.15) is 80.3 Å². The van der Waals surface area contributed by atoms with E-state index in [1.54, 1.807) is 4.90 Å². The maximum atomic E-state index is 12.9. The summed E-state index contributed by atoms with van der Waals surface area (Å²) >= 11 is 1.25. The molecule has 1 saturated carbocycles. The second-order valence-corrected chi connectivity index (χ2v) is 9.70. The maximum absolute atomic E-state index is 12.9. The third kappa shape index (κ3) is 3.67. The number of piperidine rings is 1. The highest BCUT2D eigenvalue weighted by Gasteiger charge is 2.42. The molecule has 0 unspecified atom stereocenters. The van der Waals surface area contributed by atoms with Crippen LogP contribution in [0.15, 0.2) is 6.07 Å². The fourth-order valence-corrected chi connectivity index (χ4v) is 5.30. The van der Waals surface area contributed by atoms with Gasteiger partial charge in [0, 0.05) is 10.9 Å². The first kappa shape index (κ1) is 19.4. The van der Waals surface area contributed by atoms with E-state index in [1.807, 2.05) is 26.8 Å². The number of hydrogen-bond donors (Lipinski definition) is 2. The lowest BCUT2D eigenvalue weighted by molar-refractivity contribution is -0.129. The van der Waals surface area contributed by atoms with Crippen LogP contribution in [-0.2, 0) is 10.2 Å². The molecular formula is C20H29NO4S. The highest BCUT2D eigenvalue weighted by Crippen LogP contribution is 2.42. The van der Waals surface area contributed by atoms with Crippen molar-refractivity contribution >= 4 is 28.9 Å². The van der Waals surface area contributed by atoms with E-state index in [0.717, 1.165) is 37.0 Å². The number of thiophene rings is 1. The number of amides is 1. The van der Waals surface area contributed by atoms with Crippen molar-refractivity contribution in [3.05, 3.63) is 15.8 Å². The maximum Gasteiger partial charge on any atom is 0.348 e. The van der Waals surface area contributed by atoms with Crippen molar-refractivity contribution in [2.45, 2.75) is 83.3 Å². The summed E-state index contributed by atoms with van der Waals surface area (Å²) < 4.78 is 0. The van der Waals surface area contributed by atoms with Crippen molar-refractivity contribution in [2.75, 3.05) is 4.90 Å². The van der Waals surface area contributed by atoms with Crippen molar-refractivity contribution in [2.24, 2.45) is 5.92 Å². The fraction of sp³-hybridized carbons (Fsp3) is 0.700. The molecule has 2 fully saturated rings. The van der Waals surface area contributed by atoms with Gasteiger partial charge in [-0.15, -0.1) is 11.3 Å². The molecule has 1 aromatic rings. The zero-order valence-corrected chi connectivity index (χ0v) is 16.6. The third-order valence-corrected chi connectivity index (χ3v) is 7.23. The summed E-state index contributed by atoms with van der Waals surface area (Å²) in [6, 6.07) is 1.85. The van der Waals surface area contributed by atoms with Gasteiger partial charge >= 0.3 is 5.97 Å². The van der Waals surface area contributed by atoms with Crippen molar-refractivity contribution in [3.63, 3.8) is 0 Å². The molecule has 2 aliphatic rings. The van der Waals surface area contributed by atoms with Gasteiger partial charge in [0.25, 0.3) is 5.91 Å². The standard InChI is InChI=1S/C20H29NO4S/c1-20(2,3)16-11-14(17(26-16)19(24)25)21-13(9-10-15(22)18(21)23)12-7-5-4-6-8-12/h11-13,15,22H,4-10H2,1-3H3,(H,24,25)/t13-,15-/m0/s1. The Hall–Kier alpha value is -1.40. The summed E-state index contributed by atoms with van der Waals surface area (Å²) in [6.07, 6.45) is 5.86. The van der Waals surface area contributed by atoms with E-state index in [0.29, 0.717) is 18.0 Å². The Balaban J connectivity index is 2.05. The van der Waals surface area contributed by atoms with Crippen LogP contribution in [0.5, 0.6) is 0 Å². The molecule has 144 valence electrons. The average Bonchev–Trinajstić information content (AvgIpc) is 3.03. The normalized spacial score (nSPS) is 25.5. The Kier molecular flexibility index (Phi) is 5.45. The minimum atomic E-state index is -1.03. The number of carbonyl (C=O) groups is 2. The highest BCUT2D eigenvalue weighted by molar-refractivity contribution is 7.14. The summed E-state index contributed by atoms with van der Waals surface area (Å²) in [4.78, 5) is 27.6. The predicted octanol–water partition coefficient (Wildman–Crippen LogP) is 4.18. The number of rotatable bonds is 3. The predicted molar refractivity (Wildman–Crippen MR) is 103 cm³/mol.